The number of aromatic amines is 1. The Morgan fingerprint density at radius 1 is 1.50 bits per heavy atom. The Morgan fingerprint density at radius 3 is 2.79 bits per heavy atom. The van der Waals surface area contributed by atoms with Crippen molar-refractivity contribution in [3.8, 4) is 0 Å². The van der Waals surface area contributed by atoms with Crippen molar-refractivity contribution in [3.05, 3.63) is 23.5 Å². The minimum Gasteiger partial charge on any atom is -0.282 e. The van der Waals surface area contributed by atoms with Crippen molar-refractivity contribution in [3.63, 3.8) is 0 Å². The van der Waals surface area contributed by atoms with Crippen molar-refractivity contribution in [1.29, 1.82) is 0 Å². The molecule has 2 nitrogen and oxygen atoms in total. The average Bonchev–Trinajstić information content (AvgIpc) is 2.52. The van der Waals surface area contributed by atoms with Crippen LogP contribution in [-0.2, 0) is 0 Å². The molecule has 0 bridgehead atoms. The Balaban J connectivity index is 2.23. The van der Waals surface area contributed by atoms with E-state index in [1.165, 1.54) is 0 Å². The highest BCUT2D eigenvalue weighted by atomic mass is 19.3. The highest BCUT2D eigenvalue weighted by molar-refractivity contribution is 5.67. The summed E-state index contributed by atoms with van der Waals surface area (Å²) in [5.41, 5.74) is 2.91. The predicted octanol–water partition coefficient (Wildman–Crippen LogP) is 2.92. The highest BCUT2D eigenvalue weighted by Gasteiger charge is 2.31. The van der Waals surface area contributed by atoms with Crippen molar-refractivity contribution in [2.45, 2.75) is 32.1 Å². The van der Waals surface area contributed by atoms with E-state index in [9.17, 15) is 8.78 Å². The molecule has 0 fully saturated rings. The summed E-state index contributed by atoms with van der Waals surface area (Å²) in [5, 5.41) is 6.69. The van der Waals surface area contributed by atoms with Gasteiger partial charge in [-0.2, -0.15) is 5.10 Å². The van der Waals surface area contributed by atoms with Gasteiger partial charge in [0.05, 0.1) is 6.20 Å². The summed E-state index contributed by atoms with van der Waals surface area (Å²) in [6, 6.07) is 0. The fourth-order valence-corrected chi connectivity index (χ4v) is 1.71. The number of rotatable bonds is 1. The highest BCUT2D eigenvalue weighted by Crippen LogP contribution is 2.36. The zero-order valence-corrected chi connectivity index (χ0v) is 7.98. The van der Waals surface area contributed by atoms with Gasteiger partial charge in [-0.1, -0.05) is 6.08 Å². The predicted molar refractivity (Wildman–Crippen MR) is 50.1 cm³/mol. The lowest BCUT2D eigenvalue weighted by molar-refractivity contribution is -0.00603. The molecule has 0 saturated heterocycles. The Kier molecular flexibility index (Phi) is 2.13. The van der Waals surface area contributed by atoms with Crippen molar-refractivity contribution < 1.29 is 8.78 Å². The maximum atomic E-state index is 12.9. The Bertz CT molecular complexity index is 366. The van der Waals surface area contributed by atoms with E-state index in [0.717, 1.165) is 16.8 Å². The third-order valence-electron chi connectivity index (χ3n) is 2.58. The number of nitrogens with one attached hydrogen (secondary N) is 1. The maximum absolute atomic E-state index is 12.9. The van der Waals surface area contributed by atoms with Crippen LogP contribution in [0.5, 0.6) is 0 Å². The van der Waals surface area contributed by atoms with Crippen LogP contribution in [0.1, 0.15) is 30.5 Å². The molecule has 0 aromatic carbocycles. The van der Waals surface area contributed by atoms with Gasteiger partial charge < -0.3 is 0 Å². The van der Waals surface area contributed by atoms with Gasteiger partial charge in [0.15, 0.2) is 0 Å². The molecule has 1 aliphatic carbocycles. The van der Waals surface area contributed by atoms with Gasteiger partial charge in [-0.3, -0.25) is 5.10 Å². The fraction of sp³-hybridized carbons (Fsp3) is 0.500. The molecule has 4 heteroatoms. The van der Waals surface area contributed by atoms with Crippen molar-refractivity contribution in [2.75, 3.05) is 0 Å². The molecule has 14 heavy (non-hydrogen) atoms. The van der Waals surface area contributed by atoms with Crippen LogP contribution in [0.3, 0.4) is 0 Å². The third kappa shape index (κ3) is 1.69. The molecular formula is C10H12F2N2. The summed E-state index contributed by atoms with van der Waals surface area (Å²) >= 11 is 0. The van der Waals surface area contributed by atoms with Crippen LogP contribution >= 0.6 is 0 Å². The Hall–Kier alpha value is -1.19. The van der Waals surface area contributed by atoms with Crippen LogP contribution in [0, 0.1) is 6.92 Å². The van der Waals surface area contributed by atoms with Crippen LogP contribution in [0.15, 0.2) is 12.3 Å². The van der Waals surface area contributed by atoms with Gasteiger partial charge in [-0.25, -0.2) is 8.78 Å². The van der Waals surface area contributed by atoms with Gasteiger partial charge in [0.1, 0.15) is 0 Å². The van der Waals surface area contributed by atoms with Crippen LogP contribution in [-0.4, -0.2) is 16.1 Å². The number of hydrogen-bond donors (Lipinski definition) is 1. The van der Waals surface area contributed by atoms with Gasteiger partial charge in [-0.05, 0) is 18.9 Å². The van der Waals surface area contributed by atoms with Gasteiger partial charge in [-0.15, -0.1) is 0 Å². The molecule has 1 aromatic rings. The molecular weight excluding hydrogens is 186 g/mol. The van der Waals surface area contributed by atoms with Crippen molar-refractivity contribution in [1.82, 2.24) is 10.2 Å². The lowest BCUT2D eigenvalue weighted by atomic mass is 9.92. The smallest absolute Gasteiger partial charge is 0.251 e. The van der Waals surface area contributed by atoms with Gasteiger partial charge in [0, 0.05) is 24.1 Å². The monoisotopic (exact) mass is 198 g/mol. The molecule has 0 saturated carbocycles. The van der Waals surface area contributed by atoms with E-state index in [-0.39, 0.29) is 12.8 Å². The van der Waals surface area contributed by atoms with E-state index < -0.39 is 5.92 Å². The number of halogens is 2. The lowest BCUT2D eigenvalue weighted by Crippen LogP contribution is -2.18. The second-order valence-corrected chi connectivity index (χ2v) is 3.70. The summed E-state index contributed by atoms with van der Waals surface area (Å²) in [6.07, 6.45) is 3.57. The molecule has 1 aliphatic rings. The topological polar surface area (TPSA) is 28.7 Å². The van der Waals surface area contributed by atoms with E-state index in [0.29, 0.717) is 6.42 Å². The minimum absolute atomic E-state index is 0.0521. The molecule has 0 radical (unpaired) electrons. The van der Waals surface area contributed by atoms with Gasteiger partial charge >= 0.3 is 0 Å². The summed E-state index contributed by atoms with van der Waals surface area (Å²) in [7, 11) is 0. The number of aryl methyl sites for hydroxylation is 1. The quantitative estimate of drug-likeness (QED) is 0.738. The molecule has 1 aromatic heterocycles. The molecule has 0 spiro atoms. The number of nitrogens with zero attached hydrogens (tertiary/aromatic N) is 1. The first-order chi connectivity index (χ1) is 6.58. The average molecular weight is 198 g/mol. The van der Waals surface area contributed by atoms with E-state index >= 15 is 0 Å². The van der Waals surface area contributed by atoms with Gasteiger partial charge in [0.25, 0.3) is 5.92 Å². The second-order valence-electron chi connectivity index (χ2n) is 3.70. The van der Waals surface area contributed by atoms with Crippen LogP contribution in [0.2, 0.25) is 0 Å². The molecule has 2 rings (SSSR count). The normalized spacial score (nSPS) is 20.6. The molecule has 76 valence electrons. The largest absolute Gasteiger partial charge is 0.282 e. The van der Waals surface area contributed by atoms with E-state index in [4.69, 9.17) is 0 Å². The minimum atomic E-state index is -2.51. The zero-order valence-electron chi connectivity index (χ0n) is 7.98. The SMILES string of the molecule is Cc1[nH]ncc1C1=CCC(F)(F)CC1. The number of allylic oxidation sites excluding steroid dienone is 2. The summed E-state index contributed by atoms with van der Waals surface area (Å²) < 4.78 is 25.7. The molecule has 1 heterocycles. The Labute approximate surface area is 81.0 Å². The van der Waals surface area contributed by atoms with Crippen molar-refractivity contribution in [2.24, 2.45) is 0 Å². The molecule has 0 aliphatic heterocycles. The summed E-state index contributed by atoms with van der Waals surface area (Å²) in [5.74, 6) is -2.51. The van der Waals surface area contributed by atoms with E-state index in [1.54, 1.807) is 12.3 Å². The fourth-order valence-electron chi connectivity index (χ4n) is 1.71. The lowest BCUT2D eigenvalue weighted by Gasteiger charge is -2.21. The van der Waals surface area contributed by atoms with Crippen LogP contribution < -0.4 is 0 Å². The molecule has 1 N–H and O–H groups in total. The number of aromatic nitrogens is 2. The van der Waals surface area contributed by atoms with E-state index in [1.807, 2.05) is 6.92 Å². The van der Waals surface area contributed by atoms with Crippen molar-refractivity contribution >= 4 is 5.57 Å². The molecule has 0 unspecified atom stereocenters. The first-order valence-electron chi connectivity index (χ1n) is 4.66. The number of H-pyrrole nitrogens is 1. The van der Waals surface area contributed by atoms with E-state index in [2.05, 4.69) is 10.2 Å². The second kappa shape index (κ2) is 3.19. The molecule has 0 atom stereocenters. The van der Waals surface area contributed by atoms with Crippen LogP contribution in [0.25, 0.3) is 5.57 Å². The summed E-state index contributed by atoms with van der Waals surface area (Å²) in [6.45, 7) is 1.90. The standard InChI is InChI=1S/C10H12F2N2/c1-7-9(6-13-14-7)8-2-4-10(11,12)5-3-8/h2,6H,3-5H2,1H3,(H,13,14). The first kappa shape index (κ1) is 9.37. The Morgan fingerprint density at radius 2 is 2.29 bits per heavy atom. The third-order valence-corrected chi connectivity index (χ3v) is 2.58. The number of hydrogen-bond acceptors (Lipinski definition) is 1. The number of alkyl halides is 2. The summed E-state index contributed by atoms with van der Waals surface area (Å²) in [4.78, 5) is 0. The first-order valence-corrected chi connectivity index (χ1v) is 4.66. The van der Waals surface area contributed by atoms with Gasteiger partial charge in [0.2, 0.25) is 0 Å². The van der Waals surface area contributed by atoms with Crippen LogP contribution in [0.4, 0.5) is 8.78 Å². The maximum Gasteiger partial charge on any atom is 0.251 e. The molecule has 0 amide bonds. The zero-order chi connectivity index (χ0) is 10.2.